The molecule has 1 aliphatic rings. The largest absolute Gasteiger partial charge is 1.00 e. The molecule has 0 aromatic carbocycles. The molecular weight excluding hydrogens is 206 g/mol. The molecule has 1 nitrogen and oxygen atoms in total. The lowest BCUT2D eigenvalue weighted by Gasteiger charge is -2.34. The number of hydrogen-bond donors (Lipinski definition) is 0. The molecule has 0 aliphatic carbocycles. The number of nitrogens with zero attached hydrogens (tertiary/aromatic N) is 1. The molecule has 1 saturated heterocycles. The minimum atomic E-state index is 0. The van der Waals surface area contributed by atoms with Crippen LogP contribution in [0.15, 0.2) is 0 Å². The van der Waals surface area contributed by atoms with Crippen LogP contribution in [0.2, 0.25) is 0 Å². The Morgan fingerprint density at radius 2 is 1.33 bits per heavy atom. The molecule has 0 amide bonds. The summed E-state index contributed by atoms with van der Waals surface area (Å²) in [5.41, 5.74) is 0. The first-order valence-corrected chi connectivity index (χ1v) is 6.68. The highest BCUT2D eigenvalue weighted by atomic mass is 35.5. The summed E-state index contributed by atoms with van der Waals surface area (Å²) in [4.78, 5) is 0. The normalized spacial score (nSPS) is 18.8. The maximum absolute atomic E-state index is 2.32. The van der Waals surface area contributed by atoms with E-state index in [1.54, 1.807) is 0 Å². The average Bonchev–Trinajstić information content (AvgIpc) is 2.65. The quantitative estimate of drug-likeness (QED) is 0.446. The predicted molar refractivity (Wildman–Crippen MR) is 63.4 cm³/mol. The minimum Gasteiger partial charge on any atom is -1.00 e. The molecule has 1 fully saturated rings. The summed E-state index contributed by atoms with van der Waals surface area (Å²) in [7, 11) is 0. The van der Waals surface area contributed by atoms with Crippen molar-refractivity contribution in [3.05, 3.63) is 0 Å². The van der Waals surface area contributed by atoms with Gasteiger partial charge in [-0.1, -0.05) is 26.7 Å². The highest BCUT2D eigenvalue weighted by Crippen LogP contribution is 2.21. The van der Waals surface area contributed by atoms with Crippen molar-refractivity contribution in [1.29, 1.82) is 0 Å². The van der Waals surface area contributed by atoms with Gasteiger partial charge in [-0.2, -0.15) is 0 Å². The van der Waals surface area contributed by atoms with E-state index in [4.69, 9.17) is 0 Å². The first-order valence-electron chi connectivity index (χ1n) is 6.68. The van der Waals surface area contributed by atoms with Crippen LogP contribution in [0.1, 0.15) is 58.8 Å². The van der Waals surface area contributed by atoms with Gasteiger partial charge in [-0.15, -0.1) is 0 Å². The van der Waals surface area contributed by atoms with Crippen LogP contribution < -0.4 is 12.4 Å². The summed E-state index contributed by atoms with van der Waals surface area (Å²) in [5.74, 6) is 0. The number of hydrogen-bond acceptors (Lipinski definition) is 0. The van der Waals surface area contributed by atoms with E-state index in [9.17, 15) is 0 Å². The Labute approximate surface area is 102 Å². The van der Waals surface area contributed by atoms with E-state index in [0.29, 0.717) is 0 Å². The van der Waals surface area contributed by atoms with E-state index in [1.807, 2.05) is 0 Å². The molecular formula is C13H28ClN. The van der Waals surface area contributed by atoms with Crippen LogP contribution in [-0.4, -0.2) is 30.7 Å². The first kappa shape index (κ1) is 15.2. The van der Waals surface area contributed by atoms with E-state index in [2.05, 4.69) is 13.8 Å². The third kappa shape index (κ3) is 5.21. The smallest absolute Gasteiger partial charge is 0.0788 e. The number of rotatable bonds is 7. The van der Waals surface area contributed by atoms with Crippen molar-refractivity contribution in [3.8, 4) is 0 Å². The van der Waals surface area contributed by atoms with Gasteiger partial charge in [0, 0.05) is 12.8 Å². The fourth-order valence-corrected chi connectivity index (χ4v) is 2.76. The molecule has 0 aromatic rings. The zero-order chi connectivity index (χ0) is 10.3. The van der Waals surface area contributed by atoms with Crippen LogP contribution in [-0.2, 0) is 0 Å². The summed E-state index contributed by atoms with van der Waals surface area (Å²) in [6.07, 6.45) is 10.0. The zero-order valence-corrected chi connectivity index (χ0v) is 11.4. The second kappa shape index (κ2) is 8.41. The van der Waals surface area contributed by atoms with Crippen molar-refractivity contribution < 1.29 is 16.9 Å². The lowest BCUT2D eigenvalue weighted by molar-refractivity contribution is -0.917. The molecule has 0 unspecified atom stereocenters. The van der Waals surface area contributed by atoms with Gasteiger partial charge in [0.25, 0.3) is 0 Å². The fraction of sp³-hybridized carbons (Fsp3) is 1.00. The maximum Gasteiger partial charge on any atom is 0.0788 e. The lowest BCUT2D eigenvalue weighted by atomic mass is 10.2. The lowest BCUT2D eigenvalue weighted by Crippen LogP contribution is -3.00. The van der Waals surface area contributed by atoms with Gasteiger partial charge in [0.15, 0.2) is 0 Å². The number of likely N-dealkylation sites (tertiary alicyclic amines) is 1. The van der Waals surface area contributed by atoms with E-state index >= 15 is 0 Å². The van der Waals surface area contributed by atoms with Gasteiger partial charge in [0.1, 0.15) is 0 Å². The molecule has 0 spiro atoms. The van der Waals surface area contributed by atoms with Gasteiger partial charge in [0.2, 0.25) is 0 Å². The van der Waals surface area contributed by atoms with Crippen molar-refractivity contribution in [1.82, 2.24) is 0 Å². The summed E-state index contributed by atoms with van der Waals surface area (Å²) < 4.78 is 1.47. The molecule has 15 heavy (non-hydrogen) atoms. The van der Waals surface area contributed by atoms with E-state index in [0.717, 1.165) is 0 Å². The van der Waals surface area contributed by atoms with Crippen LogP contribution in [0.5, 0.6) is 0 Å². The number of halogens is 1. The van der Waals surface area contributed by atoms with Gasteiger partial charge < -0.3 is 16.9 Å². The Bertz CT molecular complexity index is 141. The molecule has 0 saturated carbocycles. The van der Waals surface area contributed by atoms with Crippen LogP contribution in [0.3, 0.4) is 0 Å². The van der Waals surface area contributed by atoms with Gasteiger partial charge in [-0.05, 0) is 19.3 Å². The van der Waals surface area contributed by atoms with E-state index in [1.165, 1.54) is 75.6 Å². The molecule has 0 N–H and O–H groups in total. The SMILES string of the molecule is CCCCC[N+]1(CCCC)CCCC1.[Cl-]. The molecule has 2 heteroatoms. The summed E-state index contributed by atoms with van der Waals surface area (Å²) >= 11 is 0. The van der Waals surface area contributed by atoms with Gasteiger partial charge in [0.05, 0.1) is 26.2 Å². The van der Waals surface area contributed by atoms with Gasteiger partial charge >= 0.3 is 0 Å². The highest BCUT2D eigenvalue weighted by molar-refractivity contribution is 4.55. The molecule has 1 rings (SSSR count). The predicted octanol–water partition coefficient (Wildman–Crippen LogP) is 0.591. The molecule has 0 atom stereocenters. The zero-order valence-electron chi connectivity index (χ0n) is 10.6. The molecule has 1 heterocycles. The topological polar surface area (TPSA) is 0 Å². The molecule has 1 aliphatic heterocycles. The van der Waals surface area contributed by atoms with Crippen molar-refractivity contribution >= 4 is 0 Å². The Hall–Kier alpha value is 0.250. The minimum absolute atomic E-state index is 0. The Balaban J connectivity index is 0.00000196. The Morgan fingerprint density at radius 3 is 1.87 bits per heavy atom. The number of unbranched alkanes of at least 4 members (excludes halogenated alkanes) is 3. The van der Waals surface area contributed by atoms with Crippen molar-refractivity contribution in [2.45, 2.75) is 58.8 Å². The Kier molecular flexibility index (Phi) is 8.55. The fourth-order valence-electron chi connectivity index (χ4n) is 2.76. The molecule has 0 aromatic heterocycles. The standard InChI is InChI=1S/C13H28N.ClH/c1-3-5-7-11-14(10-6-4-2)12-8-9-13-14;/h3-13H2,1-2H3;1H/q+1;/p-1. The van der Waals surface area contributed by atoms with E-state index < -0.39 is 0 Å². The van der Waals surface area contributed by atoms with Gasteiger partial charge in [-0.25, -0.2) is 0 Å². The van der Waals surface area contributed by atoms with Crippen LogP contribution in [0.25, 0.3) is 0 Å². The van der Waals surface area contributed by atoms with Crippen LogP contribution in [0.4, 0.5) is 0 Å². The third-order valence-corrected chi connectivity index (χ3v) is 3.74. The number of quaternary nitrogens is 1. The molecule has 92 valence electrons. The van der Waals surface area contributed by atoms with Gasteiger partial charge in [-0.3, -0.25) is 0 Å². The maximum atomic E-state index is 2.32. The monoisotopic (exact) mass is 233 g/mol. The molecule has 0 radical (unpaired) electrons. The van der Waals surface area contributed by atoms with Crippen molar-refractivity contribution in [2.75, 3.05) is 26.2 Å². The Morgan fingerprint density at radius 1 is 0.800 bits per heavy atom. The summed E-state index contributed by atoms with van der Waals surface area (Å²) in [5, 5.41) is 0. The van der Waals surface area contributed by atoms with Crippen molar-refractivity contribution in [2.24, 2.45) is 0 Å². The summed E-state index contributed by atoms with van der Waals surface area (Å²) in [6, 6.07) is 0. The van der Waals surface area contributed by atoms with Crippen molar-refractivity contribution in [3.63, 3.8) is 0 Å². The summed E-state index contributed by atoms with van der Waals surface area (Å²) in [6.45, 7) is 10.5. The highest BCUT2D eigenvalue weighted by Gasteiger charge is 2.30. The van der Waals surface area contributed by atoms with E-state index in [-0.39, 0.29) is 12.4 Å². The molecule has 0 bridgehead atoms. The van der Waals surface area contributed by atoms with Crippen LogP contribution >= 0.6 is 0 Å². The van der Waals surface area contributed by atoms with Crippen LogP contribution in [0, 0.1) is 0 Å². The second-order valence-electron chi connectivity index (χ2n) is 5.00. The average molecular weight is 234 g/mol. The third-order valence-electron chi connectivity index (χ3n) is 3.74. The first-order chi connectivity index (χ1) is 6.83. The second-order valence-corrected chi connectivity index (χ2v) is 5.00.